The molecule has 1 aromatic heterocycles. The first-order valence-electron chi connectivity index (χ1n) is 12.1. The minimum absolute atomic E-state index is 0.0710. The second-order valence-corrected chi connectivity index (χ2v) is 12.6. The second kappa shape index (κ2) is 9.66. The molecule has 38 heavy (non-hydrogen) atoms. The number of benzene rings is 2. The van der Waals surface area contributed by atoms with Gasteiger partial charge in [0.25, 0.3) is 5.91 Å². The maximum Gasteiger partial charge on any atom is 0.255 e. The summed E-state index contributed by atoms with van der Waals surface area (Å²) in [7, 11) is -4.01. The number of hydrogen-bond acceptors (Lipinski definition) is 5. The average molecular weight is 565 g/mol. The number of hydrogen-bond donors (Lipinski definition) is 2. The van der Waals surface area contributed by atoms with Gasteiger partial charge in [0, 0.05) is 35.3 Å². The number of sulfone groups is 1. The third-order valence-electron chi connectivity index (χ3n) is 7.74. The molecule has 0 saturated heterocycles. The molecule has 2 bridgehead atoms. The van der Waals surface area contributed by atoms with Gasteiger partial charge in [0.15, 0.2) is 27.3 Å². The Bertz CT molecular complexity index is 1510. The predicted molar refractivity (Wildman–Crippen MR) is 135 cm³/mol. The normalized spacial score (nSPS) is 24.8. The van der Waals surface area contributed by atoms with E-state index < -0.39 is 44.0 Å². The summed E-state index contributed by atoms with van der Waals surface area (Å²) < 4.78 is 67.8. The largest absolute Gasteiger partial charge is 0.385 e. The highest BCUT2D eigenvalue weighted by atomic mass is 35.5. The standard InChI is InChI=1S/C27H24ClF3N2O4S/c1-14-8-18(6-7-32-14)27(35)16-3-4-17(27)11-20(10-16)38(36,37)24-9-15(2-5-21(24)28)26(34)33-19-12-22(29)25(31)23(30)13-19/h2,5-9,12-13,16-17,20,35H,3-4,10-11H2,1H3,(H,33,34). The van der Waals surface area contributed by atoms with E-state index in [0.29, 0.717) is 25.0 Å². The van der Waals surface area contributed by atoms with E-state index in [4.69, 9.17) is 11.6 Å². The molecule has 2 atom stereocenters. The number of nitrogens with zero attached hydrogens (tertiary/aromatic N) is 1. The topological polar surface area (TPSA) is 96.4 Å². The third kappa shape index (κ3) is 4.48. The summed E-state index contributed by atoms with van der Waals surface area (Å²) in [6, 6.07) is 8.51. The highest BCUT2D eigenvalue weighted by Crippen LogP contribution is 2.56. The molecule has 5 rings (SSSR count). The van der Waals surface area contributed by atoms with Gasteiger partial charge in [-0.1, -0.05) is 11.6 Å². The Kier molecular flexibility index (Phi) is 6.77. The summed E-state index contributed by atoms with van der Waals surface area (Å²) in [4.78, 5) is 16.7. The summed E-state index contributed by atoms with van der Waals surface area (Å²) in [6.07, 6.45) is 3.43. The first-order valence-corrected chi connectivity index (χ1v) is 14.0. The Labute approximate surface area is 222 Å². The molecule has 0 aliphatic heterocycles. The number of amides is 1. The number of carbonyl (C=O) groups is 1. The summed E-state index contributed by atoms with van der Waals surface area (Å²) in [5, 5.41) is 13.1. The van der Waals surface area contributed by atoms with Crippen LogP contribution in [0.1, 0.15) is 47.3 Å². The Balaban J connectivity index is 1.41. The lowest BCUT2D eigenvalue weighted by molar-refractivity contribution is -0.0647. The molecule has 1 heterocycles. The molecule has 0 radical (unpaired) electrons. The minimum Gasteiger partial charge on any atom is -0.385 e. The van der Waals surface area contributed by atoms with Crippen molar-refractivity contribution in [3.63, 3.8) is 0 Å². The quantitative estimate of drug-likeness (QED) is 0.395. The number of aryl methyl sites for hydroxylation is 1. The molecule has 6 nitrogen and oxygen atoms in total. The monoisotopic (exact) mass is 564 g/mol. The van der Waals surface area contributed by atoms with Crippen LogP contribution < -0.4 is 5.32 Å². The summed E-state index contributed by atoms with van der Waals surface area (Å²) in [5.41, 5.74) is -0.0945. The van der Waals surface area contributed by atoms with E-state index >= 15 is 0 Å². The number of pyridine rings is 1. The molecule has 2 unspecified atom stereocenters. The summed E-state index contributed by atoms with van der Waals surface area (Å²) >= 11 is 6.27. The van der Waals surface area contributed by atoms with Gasteiger partial charge in [-0.25, -0.2) is 21.6 Å². The van der Waals surface area contributed by atoms with Gasteiger partial charge in [-0.15, -0.1) is 0 Å². The molecule has 200 valence electrons. The molecular weight excluding hydrogens is 541 g/mol. The van der Waals surface area contributed by atoms with Gasteiger partial charge in [0.2, 0.25) is 0 Å². The van der Waals surface area contributed by atoms with E-state index in [2.05, 4.69) is 10.3 Å². The number of aliphatic hydroxyl groups is 1. The Morgan fingerprint density at radius 1 is 1.05 bits per heavy atom. The molecule has 3 aromatic rings. The maximum atomic E-state index is 13.7. The zero-order valence-electron chi connectivity index (χ0n) is 20.2. The zero-order chi connectivity index (χ0) is 27.4. The van der Waals surface area contributed by atoms with Gasteiger partial charge < -0.3 is 10.4 Å². The lowest BCUT2D eigenvalue weighted by Gasteiger charge is -2.43. The van der Waals surface area contributed by atoms with Gasteiger partial charge in [-0.3, -0.25) is 9.78 Å². The van der Waals surface area contributed by atoms with Gasteiger partial charge in [0.05, 0.1) is 20.8 Å². The van der Waals surface area contributed by atoms with Crippen LogP contribution in [-0.2, 0) is 15.4 Å². The molecule has 2 N–H and O–H groups in total. The molecule has 2 aliphatic rings. The fourth-order valence-corrected chi connectivity index (χ4v) is 8.30. The van der Waals surface area contributed by atoms with Gasteiger partial charge in [-0.05, 0) is 80.3 Å². The number of aromatic nitrogens is 1. The van der Waals surface area contributed by atoms with Crippen molar-refractivity contribution >= 4 is 33.0 Å². The number of fused-ring (bicyclic) bond motifs is 2. The number of nitrogens with one attached hydrogen (secondary N) is 1. The molecule has 2 aliphatic carbocycles. The van der Waals surface area contributed by atoms with Gasteiger partial charge >= 0.3 is 0 Å². The number of rotatable bonds is 5. The molecule has 2 fully saturated rings. The lowest BCUT2D eigenvalue weighted by Crippen LogP contribution is -2.46. The first kappa shape index (κ1) is 26.6. The van der Waals surface area contributed by atoms with Crippen LogP contribution in [0.2, 0.25) is 5.02 Å². The van der Waals surface area contributed by atoms with Crippen LogP contribution in [0.25, 0.3) is 0 Å². The average Bonchev–Trinajstić information content (AvgIpc) is 3.03. The van der Waals surface area contributed by atoms with E-state index in [0.717, 1.165) is 17.3 Å². The van der Waals surface area contributed by atoms with Crippen molar-refractivity contribution in [2.75, 3.05) is 5.32 Å². The van der Waals surface area contributed by atoms with Crippen molar-refractivity contribution in [2.45, 2.75) is 48.4 Å². The predicted octanol–water partition coefficient (Wildman–Crippen LogP) is 5.56. The fourth-order valence-electron chi connectivity index (χ4n) is 5.89. The third-order valence-corrected chi connectivity index (χ3v) is 10.4. The Morgan fingerprint density at radius 3 is 2.29 bits per heavy atom. The molecule has 2 aromatic carbocycles. The van der Waals surface area contributed by atoms with Gasteiger partial charge in [0.1, 0.15) is 0 Å². The molecule has 1 amide bonds. The van der Waals surface area contributed by atoms with Crippen molar-refractivity contribution in [2.24, 2.45) is 11.8 Å². The molecule has 2 saturated carbocycles. The second-order valence-electron chi connectivity index (χ2n) is 9.97. The number of halogens is 4. The number of anilines is 1. The van der Waals surface area contributed by atoms with Crippen LogP contribution in [0.15, 0.2) is 53.6 Å². The lowest BCUT2D eigenvalue weighted by atomic mass is 9.70. The summed E-state index contributed by atoms with van der Waals surface area (Å²) in [6.45, 7) is 1.83. The van der Waals surface area contributed by atoms with Crippen LogP contribution in [0.4, 0.5) is 18.9 Å². The van der Waals surface area contributed by atoms with E-state index in [1.807, 2.05) is 13.0 Å². The van der Waals surface area contributed by atoms with Crippen molar-refractivity contribution in [3.05, 3.63) is 88.0 Å². The van der Waals surface area contributed by atoms with Gasteiger partial charge in [-0.2, -0.15) is 0 Å². The summed E-state index contributed by atoms with van der Waals surface area (Å²) in [5.74, 6) is -6.04. The van der Waals surface area contributed by atoms with Crippen LogP contribution in [0, 0.1) is 36.2 Å². The van der Waals surface area contributed by atoms with Crippen molar-refractivity contribution in [1.82, 2.24) is 4.98 Å². The molecule has 0 spiro atoms. The van der Waals surface area contributed by atoms with Crippen molar-refractivity contribution in [1.29, 1.82) is 0 Å². The van der Waals surface area contributed by atoms with E-state index in [1.54, 1.807) is 12.3 Å². The highest BCUT2D eigenvalue weighted by molar-refractivity contribution is 7.92. The van der Waals surface area contributed by atoms with E-state index in [9.17, 15) is 31.5 Å². The SMILES string of the molecule is Cc1cc(C2(O)C3CCC2CC(S(=O)(=O)c2cc(C(=O)Nc4cc(F)c(F)c(F)c4)ccc2Cl)C3)ccn1. The van der Waals surface area contributed by atoms with E-state index in [-0.39, 0.29) is 45.8 Å². The molecular formula is C27H24ClF3N2O4S. The van der Waals surface area contributed by atoms with Crippen LogP contribution in [0.5, 0.6) is 0 Å². The van der Waals surface area contributed by atoms with Crippen molar-refractivity contribution in [3.8, 4) is 0 Å². The maximum absolute atomic E-state index is 13.7. The van der Waals surface area contributed by atoms with Crippen LogP contribution in [0.3, 0.4) is 0 Å². The Morgan fingerprint density at radius 2 is 1.68 bits per heavy atom. The first-order chi connectivity index (χ1) is 17.9. The van der Waals surface area contributed by atoms with E-state index in [1.165, 1.54) is 12.1 Å². The smallest absolute Gasteiger partial charge is 0.255 e. The van der Waals surface area contributed by atoms with Crippen LogP contribution in [-0.4, -0.2) is 29.7 Å². The highest BCUT2D eigenvalue weighted by Gasteiger charge is 2.56. The zero-order valence-corrected chi connectivity index (χ0v) is 21.8. The Hall–Kier alpha value is -2.95. The van der Waals surface area contributed by atoms with Crippen molar-refractivity contribution < 1.29 is 31.5 Å². The molecule has 11 heteroatoms. The fraction of sp³-hybridized carbons (Fsp3) is 0.333. The number of carbonyl (C=O) groups excluding carboxylic acids is 1. The van der Waals surface area contributed by atoms with Crippen LogP contribution >= 0.6 is 11.6 Å². The minimum atomic E-state index is -4.01.